The fraction of sp³-hybridized carbons (Fsp3) is 0.208. The van der Waals surface area contributed by atoms with Crippen molar-refractivity contribution in [2.24, 2.45) is 0 Å². The molecule has 3 aromatic rings. The van der Waals surface area contributed by atoms with Crippen LogP contribution in [0, 0.1) is 0 Å². The third-order valence-electron chi connectivity index (χ3n) is 4.17. The lowest BCUT2D eigenvalue weighted by molar-refractivity contribution is 0.0626. The molecule has 0 radical (unpaired) electrons. The molecule has 0 aliphatic heterocycles. The summed E-state index contributed by atoms with van der Waals surface area (Å²) in [6.45, 7) is 2.73. The van der Waals surface area contributed by atoms with Crippen molar-refractivity contribution in [1.29, 1.82) is 0 Å². The Labute approximate surface area is 176 Å². The highest BCUT2D eigenvalue weighted by Crippen LogP contribution is 2.19. The van der Waals surface area contributed by atoms with Gasteiger partial charge in [-0.05, 0) is 67.6 Å². The van der Waals surface area contributed by atoms with Crippen LogP contribution in [0.2, 0.25) is 0 Å². The van der Waals surface area contributed by atoms with Gasteiger partial charge in [0.2, 0.25) is 0 Å². The molecule has 0 aliphatic carbocycles. The highest BCUT2D eigenvalue weighted by atomic mass is 16.5. The number of benzene rings is 3. The van der Waals surface area contributed by atoms with Gasteiger partial charge >= 0.3 is 0 Å². The minimum absolute atomic E-state index is 0.0900. The molecule has 0 unspecified atom stereocenters. The second kappa shape index (κ2) is 10.9. The first-order valence-corrected chi connectivity index (χ1v) is 9.77. The number of hydrogen-bond acceptors (Lipinski definition) is 5. The third-order valence-corrected chi connectivity index (χ3v) is 4.17. The molecule has 0 heterocycles. The molecule has 0 aliphatic rings. The second-order valence-corrected chi connectivity index (χ2v) is 6.52. The quantitative estimate of drug-likeness (QED) is 0.528. The number of amides is 1. The number of rotatable bonds is 10. The molecule has 0 spiro atoms. The van der Waals surface area contributed by atoms with E-state index in [0.717, 1.165) is 5.75 Å². The van der Waals surface area contributed by atoms with Gasteiger partial charge in [-0.1, -0.05) is 18.2 Å². The lowest BCUT2D eigenvalue weighted by Crippen LogP contribution is -2.25. The summed E-state index contributed by atoms with van der Waals surface area (Å²) in [5.41, 5.74) is 1.25. The van der Waals surface area contributed by atoms with Crippen molar-refractivity contribution in [3.05, 3.63) is 84.4 Å². The van der Waals surface area contributed by atoms with Crippen LogP contribution < -0.4 is 19.5 Å². The van der Waals surface area contributed by atoms with Gasteiger partial charge in [-0.15, -0.1) is 0 Å². The molecule has 2 N–H and O–H groups in total. The average Bonchev–Trinajstić information content (AvgIpc) is 2.79. The summed E-state index contributed by atoms with van der Waals surface area (Å²) in [6.07, 6.45) is -0.783. The minimum Gasteiger partial charge on any atom is -0.494 e. The monoisotopic (exact) mass is 407 g/mol. The summed E-state index contributed by atoms with van der Waals surface area (Å²) in [5, 5.41) is 12.9. The van der Waals surface area contributed by atoms with Crippen LogP contribution in [0.5, 0.6) is 17.2 Å². The van der Waals surface area contributed by atoms with Gasteiger partial charge in [0.1, 0.15) is 36.6 Å². The lowest BCUT2D eigenvalue weighted by Gasteiger charge is -2.14. The molecule has 0 bridgehead atoms. The zero-order valence-electron chi connectivity index (χ0n) is 16.8. The van der Waals surface area contributed by atoms with E-state index in [2.05, 4.69) is 5.32 Å². The lowest BCUT2D eigenvalue weighted by atomic mass is 10.2. The Kier molecular flexibility index (Phi) is 7.69. The van der Waals surface area contributed by atoms with Gasteiger partial charge in [0.15, 0.2) is 0 Å². The van der Waals surface area contributed by atoms with E-state index >= 15 is 0 Å². The molecular formula is C24H25NO5. The number of nitrogens with one attached hydrogen (secondary N) is 1. The minimum atomic E-state index is -0.783. The van der Waals surface area contributed by atoms with Crippen LogP contribution in [0.25, 0.3) is 0 Å². The van der Waals surface area contributed by atoms with E-state index in [-0.39, 0.29) is 19.1 Å². The Morgan fingerprint density at radius 2 is 1.30 bits per heavy atom. The van der Waals surface area contributed by atoms with Gasteiger partial charge in [0, 0.05) is 11.3 Å². The maximum absolute atomic E-state index is 12.2. The first kappa shape index (κ1) is 21.2. The van der Waals surface area contributed by atoms with Crippen molar-refractivity contribution in [1.82, 2.24) is 0 Å². The molecule has 0 aromatic heterocycles. The van der Waals surface area contributed by atoms with Crippen LogP contribution in [0.15, 0.2) is 78.9 Å². The maximum atomic E-state index is 12.2. The number of ether oxygens (including phenoxy) is 3. The van der Waals surface area contributed by atoms with Gasteiger partial charge in [-0.3, -0.25) is 4.79 Å². The number of carbonyl (C=O) groups is 1. The summed E-state index contributed by atoms with van der Waals surface area (Å²) in [6, 6.07) is 23.2. The predicted octanol–water partition coefficient (Wildman–Crippen LogP) is 4.16. The van der Waals surface area contributed by atoms with Crippen molar-refractivity contribution in [3.8, 4) is 17.2 Å². The molecule has 0 fully saturated rings. The van der Waals surface area contributed by atoms with E-state index in [9.17, 15) is 9.90 Å². The molecule has 0 saturated heterocycles. The van der Waals surface area contributed by atoms with E-state index in [1.54, 1.807) is 48.5 Å². The highest BCUT2D eigenvalue weighted by molar-refractivity contribution is 6.04. The number of anilines is 1. The molecule has 30 heavy (non-hydrogen) atoms. The number of hydrogen-bond donors (Lipinski definition) is 2. The van der Waals surface area contributed by atoms with Crippen LogP contribution in [-0.2, 0) is 0 Å². The predicted molar refractivity (Wildman–Crippen MR) is 115 cm³/mol. The second-order valence-electron chi connectivity index (χ2n) is 6.52. The molecule has 6 heteroatoms. The third kappa shape index (κ3) is 6.53. The standard InChI is InChI=1S/C24H25NO5/c1-2-28-21-12-14-23(15-13-21)30-17-20(26)16-29-22-10-8-19(9-11-22)25-24(27)18-6-4-3-5-7-18/h3-15,20,26H,2,16-17H2,1H3,(H,25,27)/t20-/m1/s1. The SMILES string of the molecule is CCOc1ccc(OC[C@H](O)COc2ccc(NC(=O)c3ccccc3)cc2)cc1. The number of aliphatic hydroxyl groups excluding tert-OH is 1. The van der Waals surface area contributed by atoms with Crippen molar-refractivity contribution >= 4 is 11.6 Å². The van der Waals surface area contributed by atoms with Gasteiger partial charge in [0.25, 0.3) is 5.91 Å². The van der Waals surface area contributed by atoms with Crippen molar-refractivity contribution in [2.45, 2.75) is 13.0 Å². The Balaban J connectivity index is 1.41. The van der Waals surface area contributed by atoms with Crippen molar-refractivity contribution in [2.75, 3.05) is 25.1 Å². The Hall–Kier alpha value is -3.51. The normalized spacial score (nSPS) is 11.4. The summed E-state index contributed by atoms with van der Waals surface area (Å²) < 4.78 is 16.5. The summed E-state index contributed by atoms with van der Waals surface area (Å²) in [4.78, 5) is 12.2. The largest absolute Gasteiger partial charge is 0.494 e. The molecule has 6 nitrogen and oxygen atoms in total. The van der Waals surface area contributed by atoms with E-state index in [1.807, 2.05) is 37.3 Å². The van der Waals surface area contributed by atoms with E-state index in [4.69, 9.17) is 14.2 Å². The zero-order chi connectivity index (χ0) is 21.2. The van der Waals surface area contributed by atoms with Gasteiger partial charge in [0.05, 0.1) is 6.61 Å². The molecule has 0 saturated carbocycles. The molecule has 1 atom stereocenters. The summed E-state index contributed by atoms with van der Waals surface area (Å²) in [7, 11) is 0. The fourth-order valence-electron chi connectivity index (χ4n) is 2.66. The Bertz CT molecular complexity index is 911. The first-order chi connectivity index (χ1) is 14.6. The zero-order valence-corrected chi connectivity index (χ0v) is 16.8. The summed E-state index contributed by atoms with van der Waals surface area (Å²) >= 11 is 0. The molecule has 3 aromatic carbocycles. The Morgan fingerprint density at radius 3 is 1.83 bits per heavy atom. The highest BCUT2D eigenvalue weighted by Gasteiger charge is 2.08. The van der Waals surface area contributed by atoms with E-state index in [0.29, 0.717) is 29.4 Å². The maximum Gasteiger partial charge on any atom is 0.255 e. The van der Waals surface area contributed by atoms with E-state index in [1.165, 1.54) is 0 Å². The topological polar surface area (TPSA) is 77.0 Å². The van der Waals surface area contributed by atoms with Crippen molar-refractivity contribution < 1.29 is 24.1 Å². The first-order valence-electron chi connectivity index (χ1n) is 9.77. The average molecular weight is 407 g/mol. The van der Waals surface area contributed by atoms with Crippen LogP contribution in [0.4, 0.5) is 5.69 Å². The molecule has 156 valence electrons. The van der Waals surface area contributed by atoms with Crippen LogP contribution >= 0.6 is 0 Å². The van der Waals surface area contributed by atoms with Gasteiger partial charge in [-0.2, -0.15) is 0 Å². The van der Waals surface area contributed by atoms with Gasteiger partial charge < -0.3 is 24.6 Å². The number of carbonyl (C=O) groups excluding carboxylic acids is 1. The molecule has 3 rings (SSSR count). The van der Waals surface area contributed by atoms with Gasteiger partial charge in [-0.25, -0.2) is 0 Å². The fourth-order valence-corrected chi connectivity index (χ4v) is 2.66. The van der Waals surface area contributed by atoms with Crippen LogP contribution in [0.1, 0.15) is 17.3 Å². The smallest absolute Gasteiger partial charge is 0.255 e. The molecular weight excluding hydrogens is 382 g/mol. The Morgan fingerprint density at radius 1 is 0.800 bits per heavy atom. The number of aliphatic hydroxyl groups is 1. The van der Waals surface area contributed by atoms with E-state index < -0.39 is 6.10 Å². The summed E-state index contributed by atoms with van der Waals surface area (Å²) in [5.74, 6) is 1.84. The van der Waals surface area contributed by atoms with Crippen LogP contribution in [0.3, 0.4) is 0 Å². The van der Waals surface area contributed by atoms with Crippen LogP contribution in [-0.4, -0.2) is 36.9 Å². The van der Waals surface area contributed by atoms with Crippen molar-refractivity contribution in [3.63, 3.8) is 0 Å². The molecule has 1 amide bonds.